The Morgan fingerprint density at radius 2 is 1.86 bits per heavy atom. The fourth-order valence-electron chi connectivity index (χ4n) is 4.20. The van der Waals surface area contributed by atoms with Gasteiger partial charge in [0.25, 0.3) is 5.91 Å². The van der Waals surface area contributed by atoms with Crippen LogP contribution < -0.4 is 25.5 Å². The lowest BCUT2D eigenvalue weighted by Gasteiger charge is -2.30. The zero-order valence-corrected chi connectivity index (χ0v) is 25.4. The van der Waals surface area contributed by atoms with Crippen molar-refractivity contribution in [2.75, 3.05) is 13.2 Å². The number of nitrogens with zero attached hydrogens (tertiary/aromatic N) is 1. The molecule has 0 saturated heterocycles. The lowest BCUT2D eigenvalue weighted by molar-refractivity contribution is -0.139. The average molecular weight is 646 g/mol. The van der Waals surface area contributed by atoms with Crippen LogP contribution in [0.4, 0.5) is 4.39 Å². The second-order valence-electron chi connectivity index (χ2n) is 9.10. The largest absolute Gasteiger partial charge is 0.487 e. The number of rotatable bonds is 11. The maximum atomic E-state index is 14.0. The van der Waals surface area contributed by atoms with E-state index in [9.17, 15) is 14.0 Å². The molecule has 1 aliphatic heterocycles. The van der Waals surface area contributed by atoms with Crippen molar-refractivity contribution in [3.8, 4) is 11.5 Å². The normalized spacial score (nSPS) is 14.6. The minimum Gasteiger partial charge on any atom is -0.487 e. The van der Waals surface area contributed by atoms with Crippen LogP contribution in [-0.2, 0) is 20.9 Å². The molecule has 0 bridgehead atoms. The van der Waals surface area contributed by atoms with Crippen LogP contribution in [0.25, 0.3) is 0 Å². The Hall–Kier alpha value is -4.19. The van der Waals surface area contributed by atoms with E-state index in [0.717, 1.165) is 0 Å². The van der Waals surface area contributed by atoms with Crippen molar-refractivity contribution >= 4 is 58.6 Å². The lowest BCUT2D eigenvalue weighted by atomic mass is 9.95. The predicted octanol–water partition coefficient (Wildman–Crippen LogP) is 5.60. The van der Waals surface area contributed by atoms with E-state index in [1.165, 1.54) is 18.3 Å². The summed E-state index contributed by atoms with van der Waals surface area (Å²) in [5, 5.41) is 10.8. The van der Waals surface area contributed by atoms with Crippen LogP contribution >= 0.6 is 35.4 Å². The molecule has 0 spiro atoms. The second-order valence-corrected chi connectivity index (χ2v) is 10.3. The third-order valence-corrected chi connectivity index (χ3v) is 6.83. The van der Waals surface area contributed by atoms with Crippen LogP contribution in [0.1, 0.15) is 36.6 Å². The molecule has 224 valence electrons. The van der Waals surface area contributed by atoms with Crippen LogP contribution in [0.2, 0.25) is 10.0 Å². The van der Waals surface area contributed by atoms with Crippen molar-refractivity contribution in [2.24, 2.45) is 5.10 Å². The maximum Gasteiger partial charge on any atom is 0.338 e. The monoisotopic (exact) mass is 644 g/mol. The van der Waals surface area contributed by atoms with Crippen molar-refractivity contribution in [2.45, 2.75) is 26.5 Å². The number of thiocarbonyl (C=S) groups is 1. The van der Waals surface area contributed by atoms with Crippen LogP contribution in [0.15, 0.2) is 77.0 Å². The van der Waals surface area contributed by atoms with Crippen LogP contribution in [0.5, 0.6) is 11.5 Å². The van der Waals surface area contributed by atoms with Crippen molar-refractivity contribution in [1.82, 2.24) is 16.1 Å². The number of amides is 1. The number of nitrogens with one attached hydrogen (secondary N) is 3. The average Bonchev–Trinajstić information content (AvgIpc) is 2.96. The number of halogens is 3. The van der Waals surface area contributed by atoms with E-state index in [1.807, 2.05) is 0 Å². The van der Waals surface area contributed by atoms with Crippen molar-refractivity contribution in [3.05, 3.63) is 104 Å². The third-order valence-electron chi connectivity index (χ3n) is 6.11. The second kappa shape index (κ2) is 14.8. The summed E-state index contributed by atoms with van der Waals surface area (Å²) < 4.78 is 30.9. The molecule has 9 nitrogen and oxygen atoms in total. The van der Waals surface area contributed by atoms with Gasteiger partial charge in [-0.25, -0.2) is 14.6 Å². The fraction of sp³-hybridized carbons (Fsp3) is 0.200. The number of esters is 1. The van der Waals surface area contributed by atoms with E-state index >= 15 is 0 Å². The van der Waals surface area contributed by atoms with E-state index in [0.29, 0.717) is 43.8 Å². The number of hydrazone groups is 1. The van der Waals surface area contributed by atoms with Gasteiger partial charge < -0.3 is 24.8 Å². The molecular weight excluding hydrogens is 618 g/mol. The van der Waals surface area contributed by atoms with Crippen LogP contribution in [0, 0.1) is 5.82 Å². The molecule has 1 atom stereocenters. The molecular formula is C30H27Cl2FN4O5S. The van der Waals surface area contributed by atoms with Gasteiger partial charge in [0.15, 0.2) is 11.7 Å². The number of allylic oxidation sites excluding steroid dienone is 1. The minimum absolute atomic E-state index is 0.0856. The molecule has 4 rings (SSSR count). The summed E-state index contributed by atoms with van der Waals surface area (Å²) in [6.45, 7) is 3.17. The van der Waals surface area contributed by atoms with Gasteiger partial charge in [-0.05, 0) is 50.3 Å². The smallest absolute Gasteiger partial charge is 0.338 e. The highest BCUT2D eigenvalue weighted by Gasteiger charge is 2.32. The molecule has 0 saturated carbocycles. The number of carbonyl (C=O) groups excluding carboxylic acids is 2. The number of carbonyl (C=O) groups is 2. The van der Waals surface area contributed by atoms with Crippen molar-refractivity contribution in [1.29, 1.82) is 0 Å². The maximum absolute atomic E-state index is 14.0. The number of hydrogen-bond acceptors (Lipinski definition) is 7. The Morgan fingerprint density at radius 1 is 1.12 bits per heavy atom. The molecule has 1 heterocycles. The standard InChI is InChI=1S/C30H27Cl2FN4O5S/c1-3-40-29(39)26-17(2)35-30(43)36-27(26)21-9-5-7-11-24(21)41-16-25(38)37-34-14-19-12-20(31)13-22(32)28(19)42-15-18-8-4-6-10-23(18)33/h4-14,27H,3,15-16H2,1-2H3,(H,37,38)(H2,35,36,43)/t27-/m0/s1. The van der Waals surface area contributed by atoms with Gasteiger partial charge >= 0.3 is 5.97 Å². The van der Waals surface area contributed by atoms with Crippen LogP contribution in [-0.4, -0.2) is 36.4 Å². The summed E-state index contributed by atoms with van der Waals surface area (Å²) in [6, 6.07) is 15.5. The first-order valence-corrected chi connectivity index (χ1v) is 14.2. The lowest BCUT2D eigenvalue weighted by Crippen LogP contribution is -2.45. The van der Waals surface area contributed by atoms with Gasteiger partial charge in [-0.15, -0.1) is 0 Å². The fourth-order valence-corrected chi connectivity index (χ4v) is 5.03. The highest BCUT2D eigenvalue weighted by atomic mass is 35.5. The zero-order valence-electron chi connectivity index (χ0n) is 23.1. The molecule has 0 aliphatic carbocycles. The van der Waals surface area contributed by atoms with E-state index in [-0.39, 0.29) is 24.0 Å². The summed E-state index contributed by atoms with van der Waals surface area (Å²) in [5.74, 6) is -0.931. The van der Waals surface area contributed by atoms with Gasteiger partial charge in [-0.2, -0.15) is 5.10 Å². The third kappa shape index (κ3) is 8.22. The minimum atomic E-state index is -0.666. The van der Waals surface area contributed by atoms with Gasteiger partial charge in [0.2, 0.25) is 0 Å². The number of para-hydroxylation sites is 1. The highest BCUT2D eigenvalue weighted by Crippen LogP contribution is 2.34. The molecule has 43 heavy (non-hydrogen) atoms. The molecule has 0 fully saturated rings. The molecule has 3 N–H and O–H groups in total. The molecule has 1 aliphatic rings. The molecule has 0 radical (unpaired) electrons. The van der Waals surface area contributed by atoms with Crippen molar-refractivity contribution < 1.29 is 28.2 Å². The van der Waals surface area contributed by atoms with E-state index in [2.05, 4.69) is 21.2 Å². The summed E-state index contributed by atoms with van der Waals surface area (Å²) in [7, 11) is 0. The van der Waals surface area contributed by atoms with Gasteiger partial charge in [0, 0.05) is 27.4 Å². The topological polar surface area (TPSA) is 110 Å². The number of ether oxygens (including phenoxy) is 3. The predicted molar refractivity (Wildman–Crippen MR) is 166 cm³/mol. The molecule has 3 aromatic carbocycles. The Morgan fingerprint density at radius 3 is 2.63 bits per heavy atom. The van der Waals surface area contributed by atoms with Gasteiger partial charge in [-0.1, -0.05) is 59.6 Å². The van der Waals surface area contributed by atoms with Crippen LogP contribution in [0.3, 0.4) is 0 Å². The number of hydrogen-bond donors (Lipinski definition) is 3. The van der Waals surface area contributed by atoms with E-state index in [1.54, 1.807) is 62.4 Å². The highest BCUT2D eigenvalue weighted by molar-refractivity contribution is 7.80. The molecule has 1 amide bonds. The Kier molecular flexibility index (Phi) is 10.9. The first-order chi connectivity index (χ1) is 20.7. The molecule has 3 aromatic rings. The SMILES string of the molecule is CCOC(=O)C1=C(C)NC(=S)N[C@H]1c1ccccc1OCC(=O)NN=Cc1cc(Cl)cc(Cl)c1OCc1ccccc1F. The van der Waals surface area contributed by atoms with Crippen molar-refractivity contribution in [3.63, 3.8) is 0 Å². The van der Waals surface area contributed by atoms with Gasteiger partial charge in [0.1, 0.15) is 23.9 Å². The Labute approximate surface area is 263 Å². The Balaban J connectivity index is 1.44. The summed E-state index contributed by atoms with van der Waals surface area (Å²) in [6.07, 6.45) is 1.30. The first kappa shape index (κ1) is 31.7. The summed E-state index contributed by atoms with van der Waals surface area (Å²) >= 11 is 17.8. The molecule has 0 aromatic heterocycles. The number of benzene rings is 3. The summed E-state index contributed by atoms with van der Waals surface area (Å²) in [4.78, 5) is 25.4. The van der Waals surface area contributed by atoms with E-state index < -0.39 is 30.3 Å². The first-order valence-electron chi connectivity index (χ1n) is 13.0. The van der Waals surface area contributed by atoms with E-state index in [4.69, 9.17) is 49.6 Å². The zero-order chi connectivity index (χ0) is 30.9. The molecule has 0 unspecified atom stereocenters. The van der Waals surface area contributed by atoms with Gasteiger partial charge in [-0.3, -0.25) is 4.79 Å². The van der Waals surface area contributed by atoms with Gasteiger partial charge in [0.05, 0.1) is 29.5 Å². The quantitative estimate of drug-likeness (QED) is 0.107. The molecule has 13 heteroatoms. The Bertz CT molecular complexity index is 1600. The summed E-state index contributed by atoms with van der Waals surface area (Å²) in [5.41, 5.74) is 4.55.